The van der Waals surface area contributed by atoms with Crippen LogP contribution in [-0.2, 0) is 4.74 Å². The Morgan fingerprint density at radius 3 is 3.05 bits per heavy atom. The summed E-state index contributed by atoms with van der Waals surface area (Å²) in [7, 11) is 0. The van der Waals surface area contributed by atoms with E-state index in [1.807, 2.05) is 6.08 Å². The fourth-order valence-electron chi connectivity index (χ4n) is 3.87. The zero-order valence-electron chi connectivity index (χ0n) is 12.6. The first-order valence-corrected chi connectivity index (χ1v) is 7.82. The standard InChI is InChI=1S/C18H26O2/c1-4-6-15(19)17(2)9-5-7-14(12-17)13-8-10-18(3)16(11-13)20-18/h4-5,7,9,13,15-16,19H,1,6,8,10-12H2,2-3H3. The molecule has 1 heterocycles. The van der Waals surface area contributed by atoms with Gasteiger partial charge in [-0.3, -0.25) is 0 Å². The summed E-state index contributed by atoms with van der Waals surface area (Å²) in [5.74, 6) is 0.635. The molecular formula is C18H26O2. The second kappa shape index (κ2) is 4.85. The molecule has 2 aliphatic carbocycles. The number of rotatable bonds is 4. The molecule has 1 aliphatic heterocycles. The topological polar surface area (TPSA) is 32.8 Å². The van der Waals surface area contributed by atoms with Crippen LogP contribution in [0.3, 0.4) is 0 Å². The number of ether oxygens (including phenoxy) is 1. The molecule has 2 fully saturated rings. The summed E-state index contributed by atoms with van der Waals surface area (Å²) < 4.78 is 5.82. The predicted octanol–water partition coefficient (Wildman–Crippen LogP) is 3.77. The second-order valence-corrected chi connectivity index (χ2v) is 7.21. The van der Waals surface area contributed by atoms with Gasteiger partial charge in [-0.2, -0.15) is 0 Å². The molecule has 0 aromatic carbocycles. The van der Waals surface area contributed by atoms with E-state index in [1.54, 1.807) is 0 Å². The van der Waals surface area contributed by atoms with E-state index in [2.05, 4.69) is 38.7 Å². The van der Waals surface area contributed by atoms with Gasteiger partial charge in [0.05, 0.1) is 17.8 Å². The van der Waals surface area contributed by atoms with E-state index >= 15 is 0 Å². The maximum absolute atomic E-state index is 10.4. The maximum atomic E-state index is 10.4. The van der Waals surface area contributed by atoms with Crippen molar-refractivity contribution in [2.75, 3.05) is 0 Å². The SMILES string of the molecule is C=CCC(O)C1(C)C=CC=C(C2CCC3(C)OC3C2)C1. The quantitative estimate of drug-likeness (QED) is 0.625. The van der Waals surface area contributed by atoms with Gasteiger partial charge in [0.2, 0.25) is 0 Å². The van der Waals surface area contributed by atoms with Crippen molar-refractivity contribution in [2.45, 2.75) is 63.8 Å². The van der Waals surface area contributed by atoms with Gasteiger partial charge < -0.3 is 9.84 Å². The van der Waals surface area contributed by atoms with Crippen LogP contribution in [0, 0.1) is 11.3 Å². The molecule has 1 saturated carbocycles. The zero-order chi connectivity index (χ0) is 14.4. The monoisotopic (exact) mass is 274 g/mol. The Morgan fingerprint density at radius 1 is 1.55 bits per heavy atom. The van der Waals surface area contributed by atoms with Crippen molar-refractivity contribution in [1.29, 1.82) is 0 Å². The van der Waals surface area contributed by atoms with Crippen LogP contribution in [0.15, 0.2) is 36.5 Å². The summed E-state index contributed by atoms with van der Waals surface area (Å²) in [6.07, 6.45) is 13.7. The molecular weight excluding hydrogens is 248 g/mol. The highest BCUT2D eigenvalue weighted by Crippen LogP contribution is 2.52. The van der Waals surface area contributed by atoms with Gasteiger partial charge in [-0.05, 0) is 44.9 Å². The molecule has 0 amide bonds. The number of fused-ring (bicyclic) bond motifs is 1. The van der Waals surface area contributed by atoms with Crippen molar-refractivity contribution in [1.82, 2.24) is 0 Å². The molecule has 1 saturated heterocycles. The number of aliphatic hydroxyl groups is 1. The third-order valence-electron chi connectivity index (χ3n) is 5.57. The Balaban J connectivity index is 1.68. The Hall–Kier alpha value is -0.860. The van der Waals surface area contributed by atoms with Crippen molar-refractivity contribution < 1.29 is 9.84 Å². The van der Waals surface area contributed by atoms with Crippen molar-refractivity contribution in [3.8, 4) is 0 Å². The lowest BCUT2D eigenvalue weighted by molar-refractivity contribution is 0.0698. The summed E-state index contributed by atoms with van der Waals surface area (Å²) >= 11 is 0. The van der Waals surface area contributed by atoms with Crippen molar-refractivity contribution in [2.24, 2.45) is 11.3 Å². The average molecular weight is 274 g/mol. The van der Waals surface area contributed by atoms with Gasteiger partial charge in [0.15, 0.2) is 0 Å². The largest absolute Gasteiger partial charge is 0.392 e. The molecule has 5 atom stereocenters. The fourth-order valence-corrected chi connectivity index (χ4v) is 3.87. The molecule has 0 aromatic rings. The Bertz CT molecular complexity index is 464. The molecule has 5 unspecified atom stereocenters. The lowest BCUT2D eigenvalue weighted by atomic mass is 9.69. The average Bonchev–Trinajstić information content (AvgIpc) is 3.09. The third-order valence-corrected chi connectivity index (χ3v) is 5.57. The van der Waals surface area contributed by atoms with Crippen molar-refractivity contribution in [3.05, 3.63) is 36.5 Å². The minimum absolute atomic E-state index is 0.149. The van der Waals surface area contributed by atoms with E-state index in [1.165, 1.54) is 18.4 Å². The van der Waals surface area contributed by atoms with Gasteiger partial charge in [-0.25, -0.2) is 0 Å². The van der Waals surface area contributed by atoms with Crippen LogP contribution < -0.4 is 0 Å². The van der Waals surface area contributed by atoms with E-state index in [-0.39, 0.29) is 17.1 Å². The summed E-state index contributed by atoms with van der Waals surface area (Å²) in [4.78, 5) is 0. The highest BCUT2D eigenvalue weighted by atomic mass is 16.6. The number of hydrogen-bond acceptors (Lipinski definition) is 2. The zero-order valence-corrected chi connectivity index (χ0v) is 12.6. The lowest BCUT2D eigenvalue weighted by Gasteiger charge is -2.37. The molecule has 0 spiro atoms. The summed E-state index contributed by atoms with van der Waals surface area (Å²) in [6.45, 7) is 8.14. The van der Waals surface area contributed by atoms with Gasteiger partial charge in [0.1, 0.15) is 0 Å². The van der Waals surface area contributed by atoms with Crippen molar-refractivity contribution in [3.63, 3.8) is 0 Å². The van der Waals surface area contributed by atoms with E-state index < -0.39 is 0 Å². The summed E-state index contributed by atoms with van der Waals surface area (Å²) in [5.41, 5.74) is 1.53. The highest BCUT2D eigenvalue weighted by Gasteiger charge is 2.55. The van der Waals surface area contributed by atoms with Gasteiger partial charge >= 0.3 is 0 Å². The summed E-state index contributed by atoms with van der Waals surface area (Å²) in [5, 5.41) is 10.4. The Kier molecular flexibility index (Phi) is 3.42. The first-order valence-electron chi connectivity index (χ1n) is 7.82. The highest BCUT2D eigenvalue weighted by molar-refractivity contribution is 5.28. The Labute approximate surface area is 122 Å². The molecule has 0 radical (unpaired) electrons. The van der Waals surface area contributed by atoms with E-state index in [4.69, 9.17) is 4.74 Å². The van der Waals surface area contributed by atoms with Crippen LogP contribution in [0.4, 0.5) is 0 Å². The molecule has 0 aromatic heterocycles. The Morgan fingerprint density at radius 2 is 2.35 bits per heavy atom. The lowest BCUT2D eigenvalue weighted by Crippen LogP contribution is -2.33. The van der Waals surface area contributed by atoms with Gasteiger partial charge in [0.25, 0.3) is 0 Å². The van der Waals surface area contributed by atoms with Crippen LogP contribution >= 0.6 is 0 Å². The number of epoxide rings is 1. The first kappa shape index (κ1) is 14.1. The van der Waals surface area contributed by atoms with Crippen LogP contribution in [0.5, 0.6) is 0 Å². The molecule has 0 bridgehead atoms. The third kappa shape index (κ3) is 2.40. The second-order valence-electron chi connectivity index (χ2n) is 7.21. The molecule has 2 heteroatoms. The van der Waals surface area contributed by atoms with E-state index in [9.17, 15) is 5.11 Å². The van der Waals surface area contributed by atoms with Crippen molar-refractivity contribution >= 4 is 0 Å². The van der Waals surface area contributed by atoms with Crippen LogP contribution in [0.2, 0.25) is 0 Å². The van der Waals surface area contributed by atoms with Gasteiger partial charge in [-0.15, -0.1) is 6.58 Å². The van der Waals surface area contributed by atoms with Crippen LogP contribution in [0.1, 0.15) is 46.0 Å². The van der Waals surface area contributed by atoms with Gasteiger partial charge in [-0.1, -0.05) is 36.8 Å². The number of hydrogen-bond donors (Lipinski definition) is 1. The number of aliphatic hydroxyl groups excluding tert-OH is 1. The van der Waals surface area contributed by atoms with Crippen LogP contribution in [-0.4, -0.2) is 22.9 Å². The number of allylic oxidation sites excluding steroid dienone is 3. The normalized spacial score (nSPS) is 44.5. The maximum Gasteiger partial charge on any atom is 0.0920 e. The van der Waals surface area contributed by atoms with Gasteiger partial charge in [0, 0.05) is 5.41 Å². The molecule has 1 N–H and O–H groups in total. The fraction of sp³-hybridized carbons (Fsp3) is 0.667. The molecule has 20 heavy (non-hydrogen) atoms. The first-order chi connectivity index (χ1) is 9.47. The molecule has 3 rings (SSSR count). The molecule has 2 nitrogen and oxygen atoms in total. The smallest absolute Gasteiger partial charge is 0.0920 e. The summed E-state index contributed by atoms with van der Waals surface area (Å²) in [6, 6.07) is 0. The predicted molar refractivity (Wildman–Crippen MR) is 81.4 cm³/mol. The van der Waals surface area contributed by atoms with E-state index in [0.29, 0.717) is 18.4 Å². The minimum Gasteiger partial charge on any atom is -0.392 e. The van der Waals surface area contributed by atoms with Crippen LogP contribution in [0.25, 0.3) is 0 Å². The van der Waals surface area contributed by atoms with E-state index in [0.717, 1.165) is 12.8 Å². The minimum atomic E-state index is -0.342. The molecule has 110 valence electrons. The molecule has 3 aliphatic rings.